The molecule has 1 heterocycles. The summed E-state index contributed by atoms with van der Waals surface area (Å²) >= 11 is 0. The summed E-state index contributed by atoms with van der Waals surface area (Å²) in [6, 6.07) is 0.430. The van der Waals surface area contributed by atoms with Crippen LogP contribution in [0.1, 0.15) is 64.7 Å². The minimum absolute atomic E-state index is 0.392. The highest BCUT2D eigenvalue weighted by atomic mass is 16.6. The third kappa shape index (κ3) is 9.94. The van der Waals surface area contributed by atoms with E-state index in [1.807, 2.05) is 12.2 Å². The standard InChI is InChI=1S/C23H35NO2/c1-2-3-13-16-22-23(26-22)17-14-11-9-7-5-4-6-8-10-12-15-20-24(25)21-18-19-21/h3,5-9,13-14,21-24H,2,4,10,12,15-20H2,1H3/b7-5-,8-6-,13-3+. The van der Waals surface area contributed by atoms with E-state index in [9.17, 15) is 5.21 Å². The highest BCUT2D eigenvalue weighted by Crippen LogP contribution is 2.28. The molecule has 3 atom stereocenters. The maximum atomic E-state index is 11.5. The van der Waals surface area contributed by atoms with Gasteiger partial charge in [-0.1, -0.05) is 43.4 Å². The normalized spacial score (nSPS) is 23.6. The fourth-order valence-electron chi connectivity index (χ4n) is 2.91. The summed E-state index contributed by atoms with van der Waals surface area (Å²) in [7, 11) is 0. The Morgan fingerprint density at radius 2 is 1.88 bits per heavy atom. The van der Waals surface area contributed by atoms with Crippen molar-refractivity contribution in [3.63, 3.8) is 0 Å². The van der Waals surface area contributed by atoms with Crippen molar-refractivity contribution in [2.24, 2.45) is 0 Å². The number of hydrogen-bond donors (Lipinski definition) is 1. The summed E-state index contributed by atoms with van der Waals surface area (Å²) in [6.45, 7) is 2.94. The summed E-state index contributed by atoms with van der Waals surface area (Å²) in [4.78, 5) is 0. The Morgan fingerprint density at radius 1 is 1.04 bits per heavy atom. The van der Waals surface area contributed by atoms with Gasteiger partial charge in [0.15, 0.2) is 0 Å². The van der Waals surface area contributed by atoms with Crippen LogP contribution in [0.3, 0.4) is 0 Å². The van der Waals surface area contributed by atoms with Gasteiger partial charge in [0.2, 0.25) is 0 Å². The Balaban J connectivity index is 1.41. The largest absolute Gasteiger partial charge is 0.634 e. The Bertz CT molecular complexity index is 524. The molecule has 0 bridgehead atoms. The van der Waals surface area contributed by atoms with E-state index in [1.165, 1.54) is 0 Å². The zero-order valence-electron chi connectivity index (χ0n) is 16.2. The van der Waals surface area contributed by atoms with Crippen molar-refractivity contribution in [3.8, 4) is 0 Å². The van der Waals surface area contributed by atoms with Crippen molar-refractivity contribution in [1.82, 2.24) is 0 Å². The molecule has 1 saturated heterocycles. The fraction of sp³-hybridized carbons (Fsp3) is 0.609. The van der Waals surface area contributed by atoms with Crippen LogP contribution in [0, 0.1) is 5.21 Å². The van der Waals surface area contributed by atoms with Crippen LogP contribution >= 0.6 is 0 Å². The van der Waals surface area contributed by atoms with E-state index in [2.05, 4.69) is 49.1 Å². The first-order chi connectivity index (χ1) is 12.8. The second-order valence-electron chi connectivity index (χ2n) is 7.22. The van der Waals surface area contributed by atoms with Crippen molar-refractivity contribution in [3.05, 3.63) is 59.5 Å². The zero-order valence-corrected chi connectivity index (χ0v) is 16.2. The van der Waals surface area contributed by atoms with Crippen molar-refractivity contribution in [2.75, 3.05) is 6.54 Å². The topological polar surface area (TPSA) is 40.0 Å². The molecule has 1 aliphatic heterocycles. The Kier molecular flexibility index (Phi) is 10.4. The molecule has 0 aromatic heterocycles. The van der Waals surface area contributed by atoms with Gasteiger partial charge in [-0.05, 0) is 50.7 Å². The third-order valence-corrected chi connectivity index (χ3v) is 4.77. The molecule has 0 aromatic carbocycles. The first kappa shape index (κ1) is 20.9. The number of quaternary nitrogens is 1. The molecule has 0 amide bonds. The maximum Gasteiger partial charge on any atom is 0.0885 e. The fourth-order valence-corrected chi connectivity index (χ4v) is 2.91. The van der Waals surface area contributed by atoms with E-state index in [-0.39, 0.29) is 0 Å². The molecule has 3 heteroatoms. The molecule has 0 spiro atoms. The highest BCUT2D eigenvalue weighted by molar-refractivity contribution is 5.06. The molecule has 1 N–H and O–H groups in total. The lowest BCUT2D eigenvalue weighted by Gasteiger charge is -2.21. The van der Waals surface area contributed by atoms with Crippen molar-refractivity contribution < 1.29 is 9.80 Å². The van der Waals surface area contributed by atoms with E-state index in [0.717, 1.165) is 64.3 Å². The quantitative estimate of drug-likeness (QED) is 0.125. The van der Waals surface area contributed by atoms with Crippen LogP contribution in [0.4, 0.5) is 0 Å². The molecule has 2 aliphatic rings. The first-order valence-corrected chi connectivity index (χ1v) is 10.4. The Hall–Kier alpha value is -1.38. The van der Waals surface area contributed by atoms with Crippen LogP contribution in [0.25, 0.3) is 0 Å². The van der Waals surface area contributed by atoms with Gasteiger partial charge >= 0.3 is 0 Å². The molecule has 1 saturated carbocycles. The first-order valence-electron chi connectivity index (χ1n) is 10.4. The molecular formula is C23H35NO2. The van der Waals surface area contributed by atoms with E-state index in [1.54, 1.807) is 0 Å². The monoisotopic (exact) mass is 357 g/mol. The number of ether oxygens (including phenoxy) is 1. The molecule has 3 nitrogen and oxygen atoms in total. The zero-order chi connectivity index (χ0) is 18.5. The van der Waals surface area contributed by atoms with Gasteiger partial charge in [-0.2, -0.15) is 0 Å². The second-order valence-corrected chi connectivity index (χ2v) is 7.22. The molecule has 1 aliphatic carbocycles. The van der Waals surface area contributed by atoms with E-state index in [4.69, 9.17) is 4.74 Å². The van der Waals surface area contributed by atoms with Gasteiger partial charge in [-0.15, -0.1) is 5.73 Å². The summed E-state index contributed by atoms with van der Waals surface area (Å²) in [5.74, 6) is 0. The van der Waals surface area contributed by atoms with Crippen molar-refractivity contribution >= 4 is 0 Å². The second kappa shape index (κ2) is 12.9. The predicted molar refractivity (Wildman–Crippen MR) is 109 cm³/mol. The molecule has 0 aromatic rings. The summed E-state index contributed by atoms with van der Waals surface area (Å²) in [5.41, 5.74) is 3.20. The maximum absolute atomic E-state index is 11.5. The van der Waals surface area contributed by atoms with Gasteiger partial charge in [-0.25, -0.2) is 0 Å². The average Bonchev–Trinajstić information content (AvgIpc) is 3.54. The number of epoxide rings is 1. The van der Waals surface area contributed by atoms with Crippen molar-refractivity contribution in [1.29, 1.82) is 0 Å². The smallest absolute Gasteiger partial charge is 0.0885 e. The SMILES string of the molecule is CC/C=C/CC1OC1CC=C=C/C=C\C/C=C\CCCC[NH+]([O-])C1CC1. The van der Waals surface area contributed by atoms with Crippen LogP contribution in [-0.4, -0.2) is 24.8 Å². The number of nitrogens with one attached hydrogen (secondary N) is 1. The van der Waals surface area contributed by atoms with Crippen LogP contribution in [0.15, 0.2) is 54.3 Å². The number of hydroxylamine groups is 2. The number of unbranched alkanes of at least 4 members (excludes halogenated alkanes) is 2. The Morgan fingerprint density at radius 3 is 2.69 bits per heavy atom. The van der Waals surface area contributed by atoms with Gasteiger partial charge in [0.1, 0.15) is 0 Å². The number of rotatable bonds is 14. The van der Waals surface area contributed by atoms with E-state index >= 15 is 0 Å². The lowest BCUT2D eigenvalue weighted by Crippen LogP contribution is -3.08. The van der Waals surface area contributed by atoms with Gasteiger partial charge < -0.3 is 15.0 Å². The van der Waals surface area contributed by atoms with Gasteiger partial charge in [0.05, 0.1) is 24.8 Å². The molecular weight excluding hydrogens is 322 g/mol. The molecule has 0 radical (unpaired) electrons. The van der Waals surface area contributed by atoms with Gasteiger partial charge in [-0.3, -0.25) is 0 Å². The Labute approximate surface area is 159 Å². The van der Waals surface area contributed by atoms with Crippen molar-refractivity contribution in [2.45, 2.75) is 83.0 Å². The summed E-state index contributed by atoms with van der Waals surface area (Å²) in [5, 5.41) is 12.0. The van der Waals surface area contributed by atoms with E-state index in [0.29, 0.717) is 23.3 Å². The average molecular weight is 358 g/mol. The minimum Gasteiger partial charge on any atom is -0.634 e. The lowest BCUT2D eigenvalue weighted by molar-refractivity contribution is -0.860. The third-order valence-electron chi connectivity index (χ3n) is 4.77. The molecule has 2 rings (SSSR count). The van der Waals surface area contributed by atoms with Crippen LogP contribution < -0.4 is 5.06 Å². The van der Waals surface area contributed by atoms with Gasteiger partial charge in [0, 0.05) is 19.3 Å². The molecule has 144 valence electrons. The number of hydrogen-bond acceptors (Lipinski definition) is 2. The van der Waals surface area contributed by atoms with Crippen LogP contribution in [0.2, 0.25) is 0 Å². The van der Waals surface area contributed by atoms with Crippen LogP contribution in [-0.2, 0) is 4.74 Å². The minimum atomic E-state index is 0.392. The molecule has 3 unspecified atom stereocenters. The molecule has 26 heavy (non-hydrogen) atoms. The lowest BCUT2D eigenvalue weighted by atomic mass is 10.2. The van der Waals surface area contributed by atoms with E-state index < -0.39 is 0 Å². The predicted octanol–water partition coefficient (Wildman–Crippen LogP) is 4.43. The van der Waals surface area contributed by atoms with Crippen LogP contribution in [0.5, 0.6) is 0 Å². The highest BCUT2D eigenvalue weighted by Gasteiger charge is 2.36. The number of allylic oxidation sites excluding steroid dienone is 5. The summed E-state index contributed by atoms with van der Waals surface area (Å²) < 4.78 is 5.61. The molecule has 2 fully saturated rings. The summed E-state index contributed by atoms with van der Waals surface area (Å²) in [6.07, 6.45) is 27.4. The van der Waals surface area contributed by atoms with Gasteiger partial charge in [0.25, 0.3) is 0 Å².